The molecular formula is C19H27BN2O5. The summed E-state index contributed by atoms with van der Waals surface area (Å²) >= 11 is 0. The van der Waals surface area contributed by atoms with Crippen LogP contribution in [0.15, 0.2) is 18.2 Å². The van der Waals surface area contributed by atoms with Crippen LogP contribution in [0.25, 0.3) is 0 Å². The van der Waals surface area contributed by atoms with Gasteiger partial charge in [-0.05, 0) is 38.4 Å². The van der Waals surface area contributed by atoms with Crippen LogP contribution in [0.3, 0.4) is 0 Å². The number of likely N-dealkylation sites (tertiary alicyclic amines) is 1. The molecule has 3 N–H and O–H groups in total. The average molecular weight is 374 g/mol. The van der Waals surface area contributed by atoms with Gasteiger partial charge in [0.25, 0.3) is 0 Å². The number of piperidine rings is 1. The monoisotopic (exact) mass is 374 g/mol. The van der Waals surface area contributed by atoms with Crippen molar-refractivity contribution in [2.24, 2.45) is 0 Å². The van der Waals surface area contributed by atoms with Gasteiger partial charge in [-0.3, -0.25) is 14.5 Å². The normalized spacial score (nSPS) is 25.6. The number of aliphatic hydroxyl groups excluding tert-OH is 1. The third-order valence-corrected chi connectivity index (χ3v) is 5.53. The van der Waals surface area contributed by atoms with Crippen molar-refractivity contribution in [2.75, 3.05) is 26.7 Å². The molecular weight excluding hydrogens is 347 g/mol. The molecule has 2 aliphatic heterocycles. The fourth-order valence-electron chi connectivity index (χ4n) is 4.02. The Morgan fingerprint density at radius 1 is 1.41 bits per heavy atom. The van der Waals surface area contributed by atoms with E-state index in [0.29, 0.717) is 24.3 Å². The van der Waals surface area contributed by atoms with Crippen LogP contribution in [0.4, 0.5) is 0 Å². The van der Waals surface area contributed by atoms with Crippen LogP contribution >= 0.6 is 0 Å². The number of β-amino-alcohol motifs (C(OH)–C–C–N with tert-alkyl or cyclic N) is 1. The van der Waals surface area contributed by atoms with Crippen LogP contribution in [0, 0.1) is 0 Å². The number of nitrogens with one attached hydrogen (secondary N) is 1. The lowest BCUT2D eigenvalue weighted by molar-refractivity contribution is -0.121. The molecule has 1 aromatic carbocycles. The van der Waals surface area contributed by atoms with Gasteiger partial charge in [-0.1, -0.05) is 12.1 Å². The maximum atomic E-state index is 12.5. The Balaban J connectivity index is 1.59. The van der Waals surface area contributed by atoms with E-state index in [1.165, 1.54) is 6.92 Å². The van der Waals surface area contributed by atoms with Gasteiger partial charge in [0.2, 0.25) is 0 Å². The molecule has 0 aliphatic carbocycles. The number of likely N-dealkylation sites (N-methyl/N-ethyl adjacent to an activating group) is 1. The largest absolute Gasteiger partial charge is 0.535 e. The maximum Gasteiger partial charge on any atom is 0.526 e. The van der Waals surface area contributed by atoms with Crippen molar-refractivity contribution < 1.29 is 24.4 Å². The summed E-state index contributed by atoms with van der Waals surface area (Å²) in [4.78, 5) is 26.2. The van der Waals surface area contributed by atoms with E-state index in [-0.39, 0.29) is 36.4 Å². The molecule has 0 bridgehead atoms. The zero-order valence-electron chi connectivity index (χ0n) is 15.9. The predicted molar refractivity (Wildman–Crippen MR) is 102 cm³/mol. The molecule has 3 rings (SSSR count). The molecule has 27 heavy (non-hydrogen) atoms. The minimum atomic E-state index is -1.11. The van der Waals surface area contributed by atoms with E-state index in [1.54, 1.807) is 12.1 Å². The number of benzene rings is 1. The number of fused-ring (bicyclic) bond motifs is 1. The van der Waals surface area contributed by atoms with Gasteiger partial charge in [0, 0.05) is 31.4 Å². The van der Waals surface area contributed by atoms with Gasteiger partial charge < -0.3 is 20.1 Å². The fraction of sp³-hybridized carbons (Fsp3) is 0.579. The van der Waals surface area contributed by atoms with Crippen molar-refractivity contribution >= 4 is 18.7 Å². The number of hydrogen-bond donors (Lipinski definition) is 3. The van der Waals surface area contributed by atoms with Crippen molar-refractivity contribution in [2.45, 2.75) is 44.1 Å². The molecule has 7 nitrogen and oxygen atoms in total. The molecule has 1 saturated heterocycles. The minimum absolute atomic E-state index is 0.0175. The number of ketones is 2. The summed E-state index contributed by atoms with van der Waals surface area (Å²) in [5.74, 6) is -0.00789. The fourth-order valence-corrected chi connectivity index (χ4v) is 4.02. The molecule has 8 heteroatoms. The molecule has 0 radical (unpaired) electrons. The SMILES string of the molecule is CNC1CCN(CC(=O)C[C@H]2Cc3cccc(C(C)=O)c3OB2O)CC1O. The molecule has 0 spiro atoms. The summed E-state index contributed by atoms with van der Waals surface area (Å²) in [7, 11) is 0.719. The van der Waals surface area contributed by atoms with Gasteiger partial charge in [0.1, 0.15) is 11.5 Å². The topological polar surface area (TPSA) is 99.1 Å². The maximum absolute atomic E-state index is 12.5. The molecule has 1 aromatic rings. The average Bonchev–Trinajstić information content (AvgIpc) is 2.62. The lowest BCUT2D eigenvalue weighted by Crippen LogP contribution is -2.52. The molecule has 0 amide bonds. The van der Waals surface area contributed by atoms with Crippen molar-refractivity contribution in [1.82, 2.24) is 10.2 Å². The summed E-state index contributed by atoms with van der Waals surface area (Å²) in [6, 6.07) is 5.41. The van der Waals surface area contributed by atoms with Gasteiger partial charge in [-0.2, -0.15) is 0 Å². The van der Waals surface area contributed by atoms with Crippen LogP contribution in [-0.4, -0.2) is 72.5 Å². The van der Waals surface area contributed by atoms with Crippen LogP contribution in [0.5, 0.6) is 5.75 Å². The quantitative estimate of drug-likeness (QED) is 0.486. The Labute approximate surface area is 159 Å². The van der Waals surface area contributed by atoms with E-state index in [2.05, 4.69) is 5.32 Å². The first-order chi connectivity index (χ1) is 12.9. The number of para-hydroxylation sites is 1. The number of hydrogen-bond acceptors (Lipinski definition) is 7. The molecule has 1 fully saturated rings. The second-order valence-electron chi connectivity index (χ2n) is 7.55. The first kappa shape index (κ1) is 20.0. The summed E-state index contributed by atoms with van der Waals surface area (Å²) in [5, 5.41) is 23.5. The van der Waals surface area contributed by atoms with Gasteiger partial charge >= 0.3 is 7.12 Å². The molecule has 0 aromatic heterocycles. The Kier molecular flexibility index (Phi) is 6.31. The zero-order valence-corrected chi connectivity index (χ0v) is 15.9. The van der Waals surface area contributed by atoms with Gasteiger partial charge in [0.15, 0.2) is 5.78 Å². The van der Waals surface area contributed by atoms with E-state index in [4.69, 9.17) is 4.65 Å². The van der Waals surface area contributed by atoms with Crippen LogP contribution in [-0.2, 0) is 11.2 Å². The van der Waals surface area contributed by atoms with Crippen molar-refractivity contribution in [3.05, 3.63) is 29.3 Å². The number of carbonyl (C=O) groups excluding carboxylic acids is 2. The zero-order chi connectivity index (χ0) is 19.6. The van der Waals surface area contributed by atoms with E-state index >= 15 is 0 Å². The summed E-state index contributed by atoms with van der Waals surface area (Å²) < 4.78 is 5.59. The number of nitrogens with zero attached hydrogens (tertiary/aromatic N) is 1. The summed E-state index contributed by atoms with van der Waals surface area (Å²) in [6.45, 7) is 2.94. The molecule has 3 atom stereocenters. The molecule has 2 unspecified atom stereocenters. The highest BCUT2D eigenvalue weighted by Gasteiger charge is 2.38. The molecule has 2 aliphatic rings. The number of Topliss-reactive ketones (excluding diaryl/α,β-unsaturated/α-hetero) is 2. The number of aliphatic hydroxyl groups is 1. The highest BCUT2D eigenvalue weighted by Crippen LogP contribution is 2.36. The van der Waals surface area contributed by atoms with Crippen LogP contribution in [0.1, 0.15) is 35.7 Å². The Hall–Kier alpha value is -1.74. The first-order valence-corrected chi connectivity index (χ1v) is 9.46. The van der Waals surface area contributed by atoms with Gasteiger partial charge in [-0.25, -0.2) is 0 Å². The van der Waals surface area contributed by atoms with Crippen LogP contribution in [0.2, 0.25) is 5.82 Å². The lowest BCUT2D eigenvalue weighted by atomic mass is 9.64. The third kappa shape index (κ3) is 4.58. The third-order valence-electron chi connectivity index (χ3n) is 5.53. The second-order valence-corrected chi connectivity index (χ2v) is 7.55. The first-order valence-electron chi connectivity index (χ1n) is 9.46. The highest BCUT2D eigenvalue weighted by molar-refractivity contribution is 6.47. The van der Waals surface area contributed by atoms with Crippen LogP contribution < -0.4 is 9.97 Å². The van der Waals surface area contributed by atoms with Crippen molar-refractivity contribution in [1.29, 1.82) is 0 Å². The van der Waals surface area contributed by atoms with Crippen molar-refractivity contribution in [3.63, 3.8) is 0 Å². The summed E-state index contributed by atoms with van der Waals surface area (Å²) in [6.07, 6.45) is 0.999. The minimum Gasteiger partial charge on any atom is -0.535 e. The number of carbonyl (C=O) groups is 2. The van der Waals surface area contributed by atoms with E-state index in [0.717, 1.165) is 18.5 Å². The number of rotatable bonds is 6. The molecule has 146 valence electrons. The Bertz CT molecular complexity index is 713. The van der Waals surface area contributed by atoms with Gasteiger partial charge in [0.05, 0.1) is 18.2 Å². The second kappa shape index (κ2) is 8.52. The van der Waals surface area contributed by atoms with E-state index < -0.39 is 13.2 Å². The smallest absolute Gasteiger partial charge is 0.526 e. The summed E-state index contributed by atoms with van der Waals surface area (Å²) in [5.41, 5.74) is 1.30. The molecule has 2 heterocycles. The van der Waals surface area contributed by atoms with E-state index in [1.807, 2.05) is 18.0 Å². The molecule has 0 saturated carbocycles. The Morgan fingerprint density at radius 3 is 2.85 bits per heavy atom. The standard InChI is InChI=1S/C19H27BN2O5/c1-12(23)16-5-3-4-13-8-14(20(26)27-19(13)16)9-15(24)10-22-7-6-17(21-2)18(25)11-22/h3-5,14,17-18,21,25-26H,6-11H2,1-2H3/t14-,17?,18?/m1/s1. The highest BCUT2D eigenvalue weighted by atomic mass is 16.5. The van der Waals surface area contributed by atoms with Gasteiger partial charge in [-0.15, -0.1) is 0 Å². The lowest BCUT2D eigenvalue weighted by Gasteiger charge is -2.35. The Morgan fingerprint density at radius 2 is 2.19 bits per heavy atom. The van der Waals surface area contributed by atoms with E-state index in [9.17, 15) is 19.7 Å². The van der Waals surface area contributed by atoms with Crippen molar-refractivity contribution in [3.8, 4) is 5.75 Å². The predicted octanol–water partition coefficient (Wildman–Crippen LogP) is 0.289.